The molecule has 1 aliphatic heterocycles. The number of methoxy groups -OCH3 is 2. The fraction of sp³-hybridized carbons (Fsp3) is 0.917. The maximum atomic E-state index is 11.8. The third-order valence-electron chi connectivity index (χ3n) is 3.30. The van der Waals surface area contributed by atoms with Crippen LogP contribution in [0.5, 0.6) is 0 Å². The Balaban J connectivity index is 2.72. The molecule has 1 saturated heterocycles. The fourth-order valence-electron chi connectivity index (χ4n) is 2.54. The molecule has 0 unspecified atom stereocenters. The van der Waals surface area contributed by atoms with Crippen LogP contribution in [0.4, 0.5) is 0 Å². The maximum absolute atomic E-state index is 11.8. The molecular formula is C12H23NO4. The lowest BCUT2D eigenvalue weighted by Crippen LogP contribution is -2.50. The minimum Gasteiger partial charge on any atom is -0.381 e. The van der Waals surface area contributed by atoms with Crippen LogP contribution in [0, 0.1) is 5.92 Å². The van der Waals surface area contributed by atoms with E-state index in [1.165, 1.54) is 0 Å². The predicted octanol–water partition coefficient (Wildman–Crippen LogP) is 0.879. The lowest BCUT2D eigenvalue weighted by molar-refractivity contribution is -0.206. The monoisotopic (exact) mass is 245 g/mol. The van der Waals surface area contributed by atoms with Crippen LogP contribution in [0.15, 0.2) is 0 Å². The van der Waals surface area contributed by atoms with Crippen molar-refractivity contribution in [3.05, 3.63) is 0 Å². The van der Waals surface area contributed by atoms with Gasteiger partial charge in [-0.05, 0) is 32.7 Å². The lowest BCUT2D eigenvalue weighted by atomic mass is 9.88. The van der Waals surface area contributed by atoms with E-state index in [4.69, 9.17) is 14.2 Å². The summed E-state index contributed by atoms with van der Waals surface area (Å²) in [5.41, 5.74) is 0. The Hall–Kier alpha value is -0.490. The molecule has 5 heteroatoms. The molecule has 0 radical (unpaired) electrons. The van der Waals surface area contributed by atoms with Gasteiger partial charge in [0.2, 0.25) is 6.41 Å². The van der Waals surface area contributed by atoms with Gasteiger partial charge in [-0.2, -0.15) is 0 Å². The molecule has 0 aromatic heterocycles. The Morgan fingerprint density at radius 2 is 1.82 bits per heavy atom. The molecule has 0 saturated carbocycles. The van der Waals surface area contributed by atoms with Crippen molar-refractivity contribution in [2.45, 2.75) is 32.2 Å². The number of likely N-dealkylation sites (N-methyl/N-ethyl adjacent to an activating group) is 1. The second kappa shape index (κ2) is 7.06. The summed E-state index contributed by atoms with van der Waals surface area (Å²) in [7, 11) is 5.01. The smallest absolute Gasteiger partial charge is 0.218 e. The van der Waals surface area contributed by atoms with E-state index in [9.17, 15) is 4.79 Å². The number of carbonyl (C=O) groups is 1. The summed E-state index contributed by atoms with van der Waals surface area (Å²) in [6.45, 7) is 3.08. The molecule has 100 valence electrons. The van der Waals surface area contributed by atoms with Gasteiger partial charge in [-0.3, -0.25) is 4.79 Å². The number of ether oxygens (including phenoxy) is 3. The number of hydrogen-bond donors (Lipinski definition) is 0. The molecule has 5 nitrogen and oxygen atoms in total. The van der Waals surface area contributed by atoms with Crippen LogP contribution in [0.25, 0.3) is 0 Å². The van der Waals surface area contributed by atoms with Crippen molar-refractivity contribution in [2.24, 2.45) is 5.92 Å². The molecule has 0 aliphatic carbocycles. The Morgan fingerprint density at radius 3 is 2.24 bits per heavy atom. The largest absolute Gasteiger partial charge is 0.381 e. The summed E-state index contributed by atoms with van der Waals surface area (Å²) in [5, 5.41) is 0. The van der Waals surface area contributed by atoms with E-state index in [-0.39, 0.29) is 11.8 Å². The van der Waals surface area contributed by atoms with Gasteiger partial charge in [0.15, 0.2) is 0 Å². The Labute approximate surface area is 103 Å². The van der Waals surface area contributed by atoms with Gasteiger partial charge in [0, 0.05) is 27.4 Å². The van der Waals surface area contributed by atoms with Crippen LogP contribution in [0.3, 0.4) is 0 Å². The van der Waals surface area contributed by atoms with Crippen molar-refractivity contribution >= 4 is 5.78 Å². The molecule has 1 heterocycles. The molecule has 1 atom stereocenters. The van der Waals surface area contributed by atoms with Gasteiger partial charge in [0.05, 0.1) is 6.04 Å². The number of rotatable bonds is 6. The zero-order chi connectivity index (χ0) is 12.8. The minimum atomic E-state index is -0.480. The number of Topliss-reactive ketones (excluding diaryl/α,β-unsaturated/α-hetero) is 1. The van der Waals surface area contributed by atoms with Crippen LogP contribution in [0.1, 0.15) is 19.8 Å². The number of nitrogens with zero attached hydrogens (tertiary/aromatic N) is 1. The molecule has 1 aliphatic rings. The SMILES string of the molecule is COC(OC)N(C)[C@H](C(C)=O)C1CCOCC1. The van der Waals surface area contributed by atoms with Crippen molar-refractivity contribution in [1.29, 1.82) is 0 Å². The van der Waals surface area contributed by atoms with Crippen molar-refractivity contribution in [3.8, 4) is 0 Å². The number of hydrogen-bond acceptors (Lipinski definition) is 5. The van der Waals surface area contributed by atoms with Crippen LogP contribution in [0.2, 0.25) is 0 Å². The molecule has 0 bridgehead atoms. The highest BCUT2D eigenvalue weighted by molar-refractivity contribution is 5.81. The standard InChI is InChI=1S/C12H23NO4/c1-9(14)11(10-5-7-17-8-6-10)13(2)12(15-3)16-4/h10-12H,5-8H2,1-4H3/t11-/m1/s1. The van der Waals surface area contributed by atoms with E-state index in [2.05, 4.69) is 0 Å². The van der Waals surface area contributed by atoms with Gasteiger partial charge in [0.1, 0.15) is 5.78 Å². The van der Waals surface area contributed by atoms with Crippen LogP contribution >= 0.6 is 0 Å². The molecule has 17 heavy (non-hydrogen) atoms. The van der Waals surface area contributed by atoms with Crippen molar-refractivity contribution < 1.29 is 19.0 Å². The van der Waals surface area contributed by atoms with Crippen molar-refractivity contribution in [3.63, 3.8) is 0 Å². The quantitative estimate of drug-likeness (QED) is 0.650. The molecule has 0 amide bonds. The van der Waals surface area contributed by atoms with Crippen molar-refractivity contribution in [1.82, 2.24) is 4.90 Å². The molecular weight excluding hydrogens is 222 g/mol. The van der Waals surface area contributed by atoms with Gasteiger partial charge in [-0.15, -0.1) is 0 Å². The normalized spacial score (nSPS) is 19.9. The van der Waals surface area contributed by atoms with Crippen LogP contribution in [-0.4, -0.2) is 57.6 Å². The van der Waals surface area contributed by atoms with E-state index in [0.29, 0.717) is 5.92 Å². The average molecular weight is 245 g/mol. The van der Waals surface area contributed by atoms with Crippen LogP contribution in [-0.2, 0) is 19.0 Å². The van der Waals surface area contributed by atoms with Crippen molar-refractivity contribution in [2.75, 3.05) is 34.5 Å². The minimum absolute atomic E-state index is 0.151. The lowest BCUT2D eigenvalue weighted by Gasteiger charge is -2.37. The first kappa shape index (κ1) is 14.6. The third-order valence-corrected chi connectivity index (χ3v) is 3.30. The molecule has 0 spiro atoms. The van der Waals surface area contributed by atoms with Crippen LogP contribution < -0.4 is 0 Å². The summed E-state index contributed by atoms with van der Waals surface area (Å²) in [6.07, 6.45) is 1.34. The zero-order valence-corrected chi connectivity index (χ0v) is 11.1. The second-order valence-corrected chi connectivity index (χ2v) is 4.45. The summed E-state index contributed by atoms with van der Waals surface area (Å²) in [5.74, 6) is 0.470. The Bertz CT molecular complexity index is 237. The first-order chi connectivity index (χ1) is 8.11. The van der Waals surface area contributed by atoms with Gasteiger partial charge in [0.25, 0.3) is 0 Å². The summed E-state index contributed by atoms with van der Waals surface area (Å²) in [4.78, 5) is 13.7. The van der Waals surface area contributed by atoms with E-state index >= 15 is 0 Å². The highest BCUT2D eigenvalue weighted by Crippen LogP contribution is 2.24. The van der Waals surface area contributed by atoms with Gasteiger partial charge in [-0.25, -0.2) is 4.90 Å². The highest BCUT2D eigenvalue weighted by Gasteiger charge is 2.34. The van der Waals surface area contributed by atoms with Gasteiger partial charge >= 0.3 is 0 Å². The molecule has 0 aromatic rings. The zero-order valence-electron chi connectivity index (χ0n) is 11.1. The van der Waals surface area contributed by atoms with Gasteiger partial charge < -0.3 is 14.2 Å². The van der Waals surface area contributed by atoms with E-state index < -0.39 is 6.41 Å². The fourth-order valence-corrected chi connectivity index (χ4v) is 2.54. The third kappa shape index (κ3) is 3.74. The van der Waals surface area contributed by atoms with E-state index in [1.54, 1.807) is 21.1 Å². The summed E-state index contributed by atoms with van der Waals surface area (Å²) in [6, 6.07) is -0.163. The molecule has 0 N–H and O–H groups in total. The number of ketones is 1. The highest BCUT2D eigenvalue weighted by atomic mass is 16.7. The maximum Gasteiger partial charge on any atom is 0.218 e. The molecule has 0 aromatic carbocycles. The predicted molar refractivity (Wildman–Crippen MR) is 63.6 cm³/mol. The van der Waals surface area contributed by atoms with E-state index in [1.807, 2.05) is 11.9 Å². The number of carbonyl (C=O) groups excluding carboxylic acids is 1. The first-order valence-electron chi connectivity index (χ1n) is 5.97. The second-order valence-electron chi connectivity index (χ2n) is 4.45. The molecule has 1 fully saturated rings. The average Bonchev–Trinajstić information content (AvgIpc) is 2.31. The van der Waals surface area contributed by atoms with E-state index in [0.717, 1.165) is 26.1 Å². The Kier molecular flexibility index (Phi) is 6.05. The summed E-state index contributed by atoms with van der Waals surface area (Å²) >= 11 is 0. The molecule has 1 rings (SSSR count). The Morgan fingerprint density at radius 1 is 1.29 bits per heavy atom. The summed E-state index contributed by atoms with van der Waals surface area (Å²) < 4.78 is 15.7. The first-order valence-corrected chi connectivity index (χ1v) is 5.97. The van der Waals surface area contributed by atoms with Gasteiger partial charge in [-0.1, -0.05) is 0 Å². The topological polar surface area (TPSA) is 48.0 Å².